The predicted molar refractivity (Wildman–Crippen MR) is 99.4 cm³/mol. The summed E-state index contributed by atoms with van der Waals surface area (Å²) in [6.45, 7) is 9.40. The van der Waals surface area contributed by atoms with Crippen molar-refractivity contribution in [3.8, 4) is 0 Å². The van der Waals surface area contributed by atoms with Crippen LogP contribution in [0.2, 0.25) is 0 Å². The highest BCUT2D eigenvalue weighted by atomic mass is 16.1. The van der Waals surface area contributed by atoms with Gasteiger partial charge in [0.15, 0.2) is 0 Å². The zero-order valence-electron chi connectivity index (χ0n) is 15.5. The second-order valence-electron chi connectivity index (χ2n) is 7.67. The van der Waals surface area contributed by atoms with Crippen LogP contribution in [0, 0.1) is 11.8 Å². The van der Waals surface area contributed by atoms with Crippen LogP contribution >= 0.6 is 0 Å². The van der Waals surface area contributed by atoms with Crippen LogP contribution in [0.5, 0.6) is 0 Å². The number of hydrogen-bond donors (Lipinski definition) is 1. The Morgan fingerprint density at radius 1 is 1.24 bits per heavy atom. The summed E-state index contributed by atoms with van der Waals surface area (Å²) in [6.07, 6.45) is 9.47. The average Bonchev–Trinajstić information content (AvgIpc) is 2.67. The number of hydrogen-bond acceptors (Lipinski definition) is 5. The molecule has 2 saturated heterocycles. The Kier molecular flexibility index (Phi) is 6.24. The molecule has 1 aromatic rings. The van der Waals surface area contributed by atoms with Crippen molar-refractivity contribution in [3.63, 3.8) is 0 Å². The van der Waals surface area contributed by atoms with E-state index >= 15 is 0 Å². The number of nitrogens with one attached hydrogen (secondary N) is 1. The highest BCUT2D eigenvalue weighted by Gasteiger charge is 2.27. The molecule has 2 aliphatic heterocycles. The van der Waals surface area contributed by atoms with Gasteiger partial charge in [-0.2, -0.15) is 0 Å². The van der Waals surface area contributed by atoms with Crippen molar-refractivity contribution in [2.24, 2.45) is 11.8 Å². The molecule has 0 saturated carbocycles. The standard InChI is InChI=1S/C19H31N5O/c1-15(2)24-9-3-4-16(14-24)12-22-19(25)17-5-10-23(11-6-17)18-13-20-7-8-21-18/h7-8,13,15-17H,3-6,9-12,14H2,1-2H3,(H,22,25). The maximum Gasteiger partial charge on any atom is 0.223 e. The molecule has 1 amide bonds. The van der Waals surface area contributed by atoms with E-state index in [1.54, 1.807) is 18.6 Å². The molecule has 1 unspecified atom stereocenters. The first kappa shape index (κ1) is 18.1. The van der Waals surface area contributed by atoms with Crippen LogP contribution in [0.15, 0.2) is 18.6 Å². The van der Waals surface area contributed by atoms with E-state index in [-0.39, 0.29) is 11.8 Å². The van der Waals surface area contributed by atoms with Crippen LogP contribution in [0.4, 0.5) is 5.82 Å². The highest BCUT2D eigenvalue weighted by molar-refractivity contribution is 5.78. The molecule has 3 rings (SSSR count). The highest BCUT2D eigenvalue weighted by Crippen LogP contribution is 2.22. The Morgan fingerprint density at radius 2 is 2.04 bits per heavy atom. The first-order valence-electron chi connectivity index (χ1n) is 9.66. The van der Waals surface area contributed by atoms with Gasteiger partial charge in [0.25, 0.3) is 0 Å². The molecule has 1 atom stereocenters. The summed E-state index contributed by atoms with van der Waals surface area (Å²) < 4.78 is 0. The van der Waals surface area contributed by atoms with Crippen LogP contribution in [0.25, 0.3) is 0 Å². The van der Waals surface area contributed by atoms with E-state index in [0.29, 0.717) is 12.0 Å². The quantitative estimate of drug-likeness (QED) is 0.883. The average molecular weight is 345 g/mol. The smallest absolute Gasteiger partial charge is 0.223 e. The van der Waals surface area contributed by atoms with Crippen molar-refractivity contribution in [2.45, 2.75) is 45.6 Å². The second-order valence-corrected chi connectivity index (χ2v) is 7.67. The molecule has 0 aliphatic carbocycles. The summed E-state index contributed by atoms with van der Waals surface area (Å²) in [4.78, 5) is 25.8. The Morgan fingerprint density at radius 3 is 2.72 bits per heavy atom. The summed E-state index contributed by atoms with van der Waals surface area (Å²) in [6, 6.07) is 0.601. The fourth-order valence-electron chi connectivity index (χ4n) is 3.95. The Balaban J connectivity index is 1.41. The summed E-state index contributed by atoms with van der Waals surface area (Å²) in [7, 11) is 0. The monoisotopic (exact) mass is 345 g/mol. The van der Waals surface area contributed by atoms with Crippen molar-refractivity contribution in [3.05, 3.63) is 18.6 Å². The molecule has 6 nitrogen and oxygen atoms in total. The molecule has 1 aromatic heterocycles. The number of anilines is 1. The van der Waals surface area contributed by atoms with E-state index < -0.39 is 0 Å². The molecular formula is C19H31N5O. The van der Waals surface area contributed by atoms with Crippen LogP contribution in [0.3, 0.4) is 0 Å². The number of rotatable bonds is 5. The molecule has 2 fully saturated rings. The van der Waals surface area contributed by atoms with Gasteiger partial charge in [-0.3, -0.25) is 9.78 Å². The molecule has 2 aliphatic rings. The summed E-state index contributed by atoms with van der Waals surface area (Å²) >= 11 is 0. The fraction of sp³-hybridized carbons (Fsp3) is 0.737. The van der Waals surface area contributed by atoms with Crippen LogP contribution < -0.4 is 10.2 Å². The zero-order valence-corrected chi connectivity index (χ0v) is 15.5. The van der Waals surface area contributed by atoms with Crippen molar-refractivity contribution < 1.29 is 4.79 Å². The minimum absolute atomic E-state index is 0.137. The molecule has 0 bridgehead atoms. The zero-order chi connectivity index (χ0) is 17.6. The number of piperidine rings is 2. The molecule has 25 heavy (non-hydrogen) atoms. The molecular weight excluding hydrogens is 314 g/mol. The van der Waals surface area contributed by atoms with Gasteiger partial charge in [-0.1, -0.05) is 0 Å². The lowest BCUT2D eigenvalue weighted by molar-refractivity contribution is -0.125. The normalized spacial score (nSPS) is 23.0. The van der Waals surface area contributed by atoms with Crippen molar-refractivity contribution in [1.29, 1.82) is 0 Å². The van der Waals surface area contributed by atoms with E-state index in [4.69, 9.17) is 0 Å². The molecule has 6 heteroatoms. The minimum atomic E-state index is 0.137. The maximum atomic E-state index is 12.5. The van der Waals surface area contributed by atoms with Gasteiger partial charge in [0.1, 0.15) is 5.82 Å². The molecule has 0 spiro atoms. The van der Waals surface area contributed by atoms with Gasteiger partial charge in [-0.15, -0.1) is 0 Å². The van der Waals surface area contributed by atoms with E-state index in [1.807, 2.05) is 0 Å². The third-order valence-electron chi connectivity index (χ3n) is 5.58. The number of likely N-dealkylation sites (tertiary alicyclic amines) is 1. The maximum absolute atomic E-state index is 12.5. The van der Waals surface area contributed by atoms with Gasteiger partial charge in [-0.25, -0.2) is 4.98 Å². The number of carbonyl (C=O) groups is 1. The predicted octanol–water partition coefficient (Wildman–Crippen LogP) is 1.93. The van der Waals surface area contributed by atoms with Crippen molar-refractivity contribution in [2.75, 3.05) is 37.6 Å². The summed E-state index contributed by atoms with van der Waals surface area (Å²) in [5.74, 6) is 1.88. The third kappa shape index (κ3) is 4.91. The number of amides is 1. The van der Waals surface area contributed by atoms with E-state index in [2.05, 4.69) is 38.9 Å². The summed E-state index contributed by atoms with van der Waals surface area (Å²) in [5, 5.41) is 3.22. The lowest BCUT2D eigenvalue weighted by Crippen LogP contribution is -2.46. The van der Waals surface area contributed by atoms with E-state index in [1.165, 1.54) is 19.4 Å². The lowest BCUT2D eigenvalue weighted by atomic mass is 9.94. The topological polar surface area (TPSA) is 61.4 Å². The van der Waals surface area contributed by atoms with E-state index in [0.717, 1.165) is 44.8 Å². The van der Waals surface area contributed by atoms with Crippen molar-refractivity contribution in [1.82, 2.24) is 20.2 Å². The van der Waals surface area contributed by atoms with Crippen LogP contribution in [-0.4, -0.2) is 59.5 Å². The molecule has 0 radical (unpaired) electrons. The first-order chi connectivity index (χ1) is 12.1. The van der Waals surface area contributed by atoms with Gasteiger partial charge >= 0.3 is 0 Å². The number of carbonyl (C=O) groups excluding carboxylic acids is 1. The largest absolute Gasteiger partial charge is 0.356 e. The van der Waals surface area contributed by atoms with Gasteiger partial charge in [-0.05, 0) is 52.0 Å². The first-order valence-corrected chi connectivity index (χ1v) is 9.66. The number of nitrogens with zero attached hydrogens (tertiary/aromatic N) is 4. The van der Waals surface area contributed by atoms with Gasteiger partial charge < -0.3 is 15.1 Å². The second kappa shape index (κ2) is 8.61. The molecule has 0 aromatic carbocycles. The Hall–Kier alpha value is -1.69. The SMILES string of the molecule is CC(C)N1CCCC(CNC(=O)C2CCN(c3cnccn3)CC2)C1. The van der Waals surface area contributed by atoms with Crippen LogP contribution in [-0.2, 0) is 4.79 Å². The van der Waals surface area contributed by atoms with Gasteiger partial charge in [0.2, 0.25) is 5.91 Å². The van der Waals surface area contributed by atoms with Crippen LogP contribution in [0.1, 0.15) is 39.5 Å². The minimum Gasteiger partial charge on any atom is -0.356 e. The van der Waals surface area contributed by atoms with Gasteiger partial charge in [0.05, 0.1) is 6.20 Å². The fourth-order valence-corrected chi connectivity index (χ4v) is 3.95. The summed E-state index contributed by atoms with van der Waals surface area (Å²) in [5.41, 5.74) is 0. The Labute approximate surface area is 151 Å². The molecule has 138 valence electrons. The molecule has 3 heterocycles. The van der Waals surface area contributed by atoms with E-state index in [9.17, 15) is 4.79 Å². The van der Waals surface area contributed by atoms with Gasteiger partial charge in [0, 0.05) is 50.5 Å². The third-order valence-corrected chi connectivity index (χ3v) is 5.58. The molecule has 1 N–H and O–H groups in total. The Bertz CT molecular complexity index is 542. The lowest BCUT2D eigenvalue weighted by Gasteiger charge is -2.36. The van der Waals surface area contributed by atoms with Crippen molar-refractivity contribution >= 4 is 11.7 Å². The number of aromatic nitrogens is 2.